The minimum Gasteiger partial charge on any atom is -0.508 e. The average Bonchev–Trinajstić information content (AvgIpc) is 2.98. The van der Waals surface area contributed by atoms with Crippen molar-refractivity contribution in [2.45, 2.75) is 17.6 Å². The first-order chi connectivity index (χ1) is 19.8. The molecule has 0 aliphatic heterocycles. The van der Waals surface area contributed by atoms with Gasteiger partial charge in [0.2, 0.25) is 0 Å². The Hall–Kier alpha value is -5.08. The maximum Gasteiger partial charge on any atom is 0.340 e. The number of benzene rings is 4. The molecule has 5 rings (SSSR count). The molecule has 0 spiro atoms. The van der Waals surface area contributed by atoms with Crippen LogP contribution in [0.4, 0.5) is 5.69 Å². The van der Waals surface area contributed by atoms with Gasteiger partial charge in [-0.15, -0.1) is 11.8 Å². The van der Waals surface area contributed by atoms with Gasteiger partial charge in [0, 0.05) is 38.9 Å². The molecule has 0 atom stereocenters. The van der Waals surface area contributed by atoms with Gasteiger partial charge in [0.25, 0.3) is 11.8 Å². The highest BCUT2D eigenvalue weighted by molar-refractivity contribution is 7.98. The van der Waals surface area contributed by atoms with E-state index in [9.17, 15) is 19.5 Å². The van der Waals surface area contributed by atoms with Crippen LogP contribution in [-0.2, 0) is 10.5 Å². The number of amides is 2. The minimum absolute atomic E-state index is 0.0336. The van der Waals surface area contributed by atoms with Gasteiger partial charge < -0.3 is 20.2 Å². The van der Waals surface area contributed by atoms with Crippen molar-refractivity contribution in [3.8, 4) is 5.75 Å². The van der Waals surface area contributed by atoms with Crippen LogP contribution in [0.2, 0.25) is 0 Å². The molecular formula is C33H26N2O5S. The van der Waals surface area contributed by atoms with E-state index in [4.69, 9.17) is 4.42 Å². The molecule has 3 N–H and O–H groups in total. The van der Waals surface area contributed by atoms with Crippen LogP contribution in [0.15, 0.2) is 123 Å². The lowest BCUT2D eigenvalue weighted by molar-refractivity contribution is -0.113. The lowest BCUT2D eigenvalue weighted by Crippen LogP contribution is -2.30. The summed E-state index contributed by atoms with van der Waals surface area (Å²) in [6, 6.07) is 29.9. The number of phenolic OH excluding ortho intramolecular Hbond substituents is 1. The molecule has 0 radical (unpaired) electrons. The van der Waals surface area contributed by atoms with Gasteiger partial charge in [-0.05, 0) is 73.2 Å². The van der Waals surface area contributed by atoms with E-state index in [0.717, 1.165) is 21.4 Å². The van der Waals surface area contributed by atoms with Crippen molar-refractivity contribution >= 4 is 46.3 Å². The first-order valence-electron chi connectivity index (χ1n) is 12.8. The van der Waals surface area contributed by atoms with E-state index in [2.05, 4.69) is 10.6 Å². The lowest BCUT2D eigenvalue weighted by Gasteiger charge is -2.12. The number of carbonyl (C=O) groups excluding carboxylic acids is 2. The molecule has 2 amide bonds. The molecule has 0 unspecified atom stereocenters. The number of carbonyl (C=O) groups is 2. The third-order valence-corrected chi connectivity index (χ3v) is 7.28. The number of anilines is 1. The highest BCUT2D eigenvalue weighted by Gasteiger charge is 2.15. The molecule has 7 nitrogen and oxygen atoms in total. The number of nitrogens with one attached hydrogen (secondary N) is 2. The highest BCUT2D eigenvalue weighted by Crippen LogP contribution is 2.26. The number of hydrogen-bond donors (Lipinski definition) is 3. The summed E-state index contributed by atoms with van der Waals surface area (Å²) < 4.78 is 5.34. The van der Waals surface area contributed by atoms with Gasteiger partial charge >= 0.3 is 5.63 Å². The van der Waals surface area contributed by atoms with E-state index in [-0.39, 0.29) is 17.4 Å². The van der Waals surface area contributed by atoms with Crippen molar-refractivity contribution in [3.63, 3.8) is 0 Å². The second kappa shape index (κ2) is 12.4. The predicted octanol–water partition coefficient (Wildman–Crippen LogP) is 6.51. The summed E-state index contributed by atoms with van der Waals surface area (Å²) in [6.45, 7) is 1.98. The minimum atomic E-state index is -0.463. The molecule has 0 bridgehead atoms. The Labute approximate surface area is 240 Å². The van der Waals surface area contributed by atoms with E-state index < -0.39 is 11.5 Å². The van der Waals surface area contributed by atoms with Gasteiger partial charge in [0.15, 0.2) is 0 Å². The maximum atomic E-state index is 13.3. The molecule has 8 heteroatoms. The Kier molecular flexibility index (Phi) is 8.31. The summed E-state index contributed by atoms with van der Waals surface area (Å²) in [7, 11) is 0. The number of fused-ring (bicyclic) bond motifs is 1. The Balaban J connectivity index is 1.28. The Bertz CT molecular complexity index is 1790. The van der Waals surface area contributed by atoms with Crippen molar-refractivity contribution < 1.29 is 19.1 Å². The zero-order chi connectivity index (χ0) is 28.8. The molecule has 5 aromatic rings. The summed E-state index contributed by atoms with van der Waals surface area (Å²) in [4.78, 5) is 39.3. The molecule has 204 valence electrons. The Morgan fingerprint density at radius 2 is 1.63 bits per heavy atom. The van der Waals surface area contributed by atoms with E-state index >= 15 is 0 Å². The van der Waals surface area contributed by atoms with Crippen LogP contribution in [0, 0.1) is 6.92 Å². The van der Waals surface area contributed by atoms with Crippen molar-refractivity contribution in [3.05, 3.63) is 141 Å². The highest BCUT2D eigenvalue weighted by atomic mass is 32.2. The van der Waals surface area contributed by atoms with Gasteiger partial charge in [-0.2, -0.15) is 0 Å². The van der Waals surface area contributed by atoms with Crippen molar-refractivity contribution in [2.75, 3.05) is 5.32 Å². The fourth-order valence-corrected chi connectivity index (χ4v) is 4.86. The largest absolute Gasteiger partial charge is 0.508 e. The Morgan fingerprint density at radius 3 is 2.37 bits per heavy atom. The van der Waals surface area contributed by atoms with Gasteiger partial charge in [-0.1, -0.05) is 48.0 Å². The number of thioether (sulfide) groups is 1. The number of phenols is 1. The zero-order valence-corrected chi connectivity index (χ0v) is 22.9. The molecule has 1 heterocycles. The summed E-state index contributed by atoms with van der Waals surface area (Å²) in [5, 5.41) is 15.9. The molecular weight excluding hydrogens is 536 g/mol. The number of hydrogen-bond acceptors (Lipinski definition) is 6. The van der Waals surface area contributed by atoms with Crippen LogP contribution in [0.25, 0.3) is 17.0 Å². The average molecular weight is 563 g/mol. The van der Waals surface area contributed by atoms with E-state index in [1.54, 1.807) is 60.7 Å². The van der Waals surface area contributed by atoms with E-state index in [1.165, 1.54) is 17.8 Å². The smallest absolute Gasteiger partial charge is 0.340 e. The van der Waals surface area contributed by atoms with Crippen molar-refractivity contribution in [2.24, 2.45) is 0 Å². The van der Waals surface area contributed by atoms with Crippen LogP contribution in [0.1, 0.15) is 27.0 Å². The van der Waals surface area contributed by atoms with Crippen LogP contribution < -0.4 is 16.3 Å². The third-order valence-electron chi connectivity index (χ3n) is 6.22. The van der Waals surface area contributed by atoms with Crippen LogP contribution in [0.5, 0.6) is 5.75 Å². The molecule has 0 saturated heterocycles. The third kappa shape index (κ3) is 7.12. The van der Waals surface area contributed by atoms with Crippen LogP contribution >= 0.6 is 11.8 Å². The van der Waals surface area contributed by atoms with Gasteiger partial charge in [-0.3, -0.25) is 9.59 Å². The first-order valence-corrected chi connectivity index (χ1v) is 13.8. The number of aryl methyl sites for hydroxylation is 1. The standard InChI is InChI=1S/C33H26N2O5S/c1-21-7-9-22(10-8-21)17-29(35-31(37)23-5-3-2-4-6-23)32(38)34-26-12-15-28(16-13-26)41-20-25-18-24-11-14-27(36)19-30(24)40-33(25)39/h2-19,36H,20H2,1H3,(H,34,38)(H,35,37)/b29-17-. The van der Waals surface area contributed by atoms with Crippen LogP contribution in [-0.4, -0.2) is 16.9 Å². The quantitative estimate of drug-likeness (QED) is 0.113. The molecule has 41 heavy (non-hydrogen) atoms. The summed E-state index contributed by atoms with van der Waals surface area (Å²) in [5.74, 6) is -0.429. The molecule has 1 aromatic heterocycles. The van der Waals surface area contributed by atoms with Crippen molar-refractivity contribution in [1.82, 2.24) is 5.32 Å². The molecule has 0 aliphatic carbocycles. The van der Waals surface area contributed by atoms with Crippen LogP contribution in [0.3, 0.4) is 0 Å². The van der Waals surface area contributed by atoms with Gasteiger partial charge in [0.05, 0.1) is 0 Å². The fourth-order valence-electron chi connectivity index (χ4n) is 4.01. The SMILES string of the molecule is Cc1ccc(/C=C(\NC(=O)c2ccccc2)C(=O)Nc2ccc(SCc3cc4ccc(O)cc4oc3=O)cc2)cc1. The van der Waals surface area contributed by atoms with E-state index in [0.29, 0.717) is 28.2 Å². The molecule has 0 fully saturated rings. The fraction of sp³-hybridized carbons (Fsp3) is 0.0606. The van der Waals surface area contributed by atoms with E-state index in [1.807, 2.05) is 49.4 Å². The second-order valence-electron chi connectivity index (χ2n) is 9.34. The van der Waals surface area contributed by atoms with Crippen molar-refractivity contribution in [1.29, 1.82) is 0 Å². The normalized spacial score (nSPS) is 11.3. The molecule has 0 aliphatic rings. The van der Waals surface area contributed by atoms with Gasteiger partial charge in [0.1, 0.15) is 17.0 Å². The number of aromatic hydroxyl groups is 1. The zero-order valence-electron chi connectivity index (χ0n) is 22.1. The first kappa shape index (κ1) is 27.5. The summed E-state index contributed by atoms with van der Waals surface area (Å²) in [6.07, 6.45) is 1.64. The Morgan fingerprint density at radius 1 is 0.902 bits per heavy atom. The molecule has 0 saturated carbocycles. The predicted molar refractivity (Wildman–Crippen MR) is 162 cm³/mol. The lowest BCUT2D eigenvalue weighted by atomic mass is 10.1. The maximum absolute atomic E-state index is 13.3. The summed E-state index contributed by atoms with van der Waals surface area (Å²) >= 11 is 1.45. The summed E-state index contributed by atoms with van der Waals surface area (Å²) in [5.41, 5.74) is 3.34. The van der Waals surface area contributed by atoms with Gasteiger partial charge in [-0.25, -0.2) is 4.79 Å². The molecule has 4 aromatic carbocycles. The monoisotopic (exact) mass is 562 g/mol. The topological polar surface area (TPSA) is 109 Å². The second-order valence-corrected chi connectivity index (χ2v) is 10.4. The number of rotatable bonds is 8.